The lowest BCUT2D eigenvalue weighted by molar-refractivity contribution is 0.0962. The Balaban J connectivity index is 0.00000456. The van der Waals surface area contributed by atoms with E-state index in [-0.39, 0.29) is 57.7 Å². The Bertz CT molecular complexity index is 1030. The molecule has 1 heterocycles. The molecule has 1 saturated heterocycles. The first-order valence-electron chi connectivity index (χ1n) is 12.7. The standard InChI is InChI=1S/C30H42N2O3.BrH/c1-8-12-20-17-32(28(31)25(20)26(34)19-13-10-9-11-14-19)18-24(33)21-15-22(29(2,3)4)27(35)23(16-21)30(5,6)7;/h9-11,13-16,20,25-26,31,34-35H,8,12,17-18H2,1-7H3;1H/t20-,25+,26+;/m1./s1. The lowest BCUT2D eigenvalue weighted by Crippen LogP contribution is -2.34. The molecule has 1 fully saturated rings. The molecule has 0 amide bonds. The summed E-state index contributed by atoms with van der Waals surface area (Å²) in [5, 5.41) is 31.1. The molecule has 198 valence electrons. The Labute approximate surface area is 227 Å². The zero-order valence-electron chi connectivity index (χ0n) is 22.8. The zero-order chi connectivity index (χ0) is 26.1. The van der Waals surface area contributed by atoms with E-state index in [9.17, 15) is 15.0 Å². The summed E-state index contributed by atoms with van der Waals surface area (Å²) in [4.78, 5) is 15.4. The minimum absolute atomic E-state index is 0. The average Bonchev–Trinajstić information content (AvgIpc) is 3.07. The molecular weight excluding hydrogens is 516 g/mol. The second-order valence-corrected chi connectivity index (χ2v) is 12.0. The van der Waals surface area contributed by atoms with Crippen molar-refractivity contribution in [2.75, 3.05) is 13.1 Å². The summed E-state index contributed by atoms with van der Waals surface area (Å²) in [7, 11) is 0. The van der Waals surface area contributed by atoms with E-state index in [2.05, 4.69) is 6.92 Å². The number of Topliss-reactive ketones (excluding diaryl/α,β-unsaturated/α-hetero) is 1. The summed E-state index contributed by atoms with van der Waals surface area (Å²) in [6, 6.07) is 13.1. The topological polar surface area (TPSA) is 84.6 Å². The third-order valence-corrected chi connectivity index (χ3v) is 7.14. The van der Waals surface area contributed by atoms with E-state index in [1.807, 2.05) is 88.9 Å². The number of nitrogens with zero attached hydrogens (tertiary/aromatic N) is 1. The number of hydrogen-bond donors (Lipinski definition) is 3. The van der Waals surface area contributed by atoms with Crippen molar-refractivity contribution in [2.24, 2.45) is 11.8 Å². The van der Waals surface area contributed by atoms with Crippen LogP contribution in [-0.4, -0.2) is 39.8 Å². The van der Waals surface area contributed by atoms with Crippen molar-refractivity contribution in [3.8, 4) is 5.75 Å². The van der Waals surface area contributed by atoms with Crippen LogP contribution >= 0.6 is 17.0 Å². The van der Waals surface area contributed by atoms with Gasteiger partial charge in [0.05, 0.1) is 18.6 Å². The predicted octanol–water partition coefficient (Wildman–Crippen LogP) is 6.81. The molecule has 1 aliphatic heterocycles. The van der Waals surface area contributed by atoms with E-state index in [0.717, 1.165) is 29.5 Å². The molecule has 2 aromatic rings. The van der Waals surface area contributed by atoms with Gasteiger partial charge in [0.2, 0.25) is 0 Å². The van der Waals surface area contributed by atoms with E-state index in [1.165, 1.54) is 0 Å². The summed E-state index contributed by atoms with van der Waals surface area (Å²) in [6.45, 7) is 15.0. The molecule has 0 radical (unpaired) electrons. The minimum atomic E-state index is -0.769. The number of aliphatic hydroxyl groups excluding tert-OH is 1. The maximum atomic E-state index is 13.5. The molecular formula is C30H43BrN2O3. The van der Waals surface area contributed by atoms with Crippen LogP contribution in [0.3, 0.4) is 0 Å². The van der Waals surface area contributed by atoms with Gasteiger partial charge in [-0.25, -0.2) is 0 Å². The Morgan fingerprint density at radius 3 is 2.06 bits per heavy atom. The number of nitrogens with one attached hydrogen (secondary N) is 1. The van der Waals surface area contributed by atoms with E-state index in [1.54, 1.807) is 0 Å². The Morgan fingerprint density at radius 1 is 1.06 bits per heavy atom. The summed E-state index contributed by atoms with van der Waals surface area (Å²) >= 11 is 0. The van der Waals surface area contributed by atoms with Crippen LogP contribution in [0.2, 0.25) is 0 Å². The van der Waals surface area contributed by atoms with Gasteiger partial charge in [0, 0.05) is 23.2 Å². The van der Waals surface area contributed by atoms with Gasteiger partial charge in [-0.05, 0) is 40.9 Å². The van der Waals surface area contributed by atoms with Crippen molar-refractivity contribution < 1.29 is 15.0 Å². The summed E-state index contributed by atoms with van der Waals surface area (Å²) < 4.78 is 0. The fourth-order valence-electron chi connectivity index (χ4n) is 5.19. The number of aliphatic hydroxyl groups is 1. The SMILES string of the molecule is Br.CCC[C@@H]1CN(CC(=O)c2cc(C(C)(C)C)c(O)c(C(C)(C)C)c2)C(=N)[C@@H]1[C@@H](O)c1ccccc1. The monoisotopic (exact) mass is 558 g/mol. The van der Waals surface area contributed by atoms with Crippen LogP contribution < -0.4 is 0 Å². The molecule has 0 unspecified atom stereocenters. The number of phenolic OH excluding ortho intramolecular Hbond substituents is 1. The van der Waals surface area contributed by atoms with Gasteiger partial charge < -0.3 is 15.1 Å². The molecule has 3 N–H and O–H groups in total. The maximum Gasteiger partial charge on any atom is 0.182 e. The molecule has 0 spiro atoms. The lowest BCUT2D eigenvalue weighted by Gasteiger charge is -2.28. The largest absolute Gasteiger partial charge is 0.507 e. The Morgan fingerprint density at radius 2 is 1.58 bits per heavy atom. The molecule has 0 aromatic heterocycles. The molecule has 0 bridgehead atoms. The van der Waals surface area contributed by atoms with Crippen molar-refractivity contribution in [1.82, 2.24) is 4.90 Å². The minimum Gasteiger partial charge on any atom is -0.507 e. The van der Waals surface area contributed by atoms with Gasteiger partial charge in [-0.2, -0.15) is 0 Å². The first kappa shape index (κ1) is 30.0. The van der Waals surface area contributed by atoms with Crippen molar-refractivity contribution in [3.05, 3.63) is 64.7 Å². The molecule has 0 saturated carbocycles. The number of amidine groups is 1. The molecule has 5 nitrogen and oxygen atoms in total. The predicted molar refractivity (Wildman–Crippen MR) is 153 cm³/mol. The first-order chi connectivity index (χ1) is 16.3. The number of aromatic hydroxyl groups is 1. The van der Waals surface area contributed by atoms with Crippen molar-refractivity contribution in [3.63, 3.8) is 0 Å². The number of hydrogen-bond acceptors (Lipinski definition) is 4. The van der Waals surface area contributed by atoms with Gasteiger partial charge in [0.1, 0.15) is 11.6 Å². The molecule has 2 aromatic carbocycles. The highest BCUT2D eigenvalue weighted by molar-refractivity contribution is 8.93. The second-order valence-electron chi connectivity index (χ2n) is 12.0. The maximum absolute atomic E-state index is 13.5. The van der Waals surface area contributed by atoms with Gasteiger partial charge in [0.15, 0.2) is 5.78 Å². The van der Waals surface area contributed by atoms with Gasteiger partial charge >= 0.3 is 0 Å². The van der Waals surface area contributed by atoms with E-state index < -0.39 is 6.10 Å². The second kappa shape index (κ2) is 11.5. The van der Waals surface area contributed by atoms with E-state index in [4.69, 9.17) is 5.41 Å². The molecule has 1 aliphatic rings. The first-order valence-corrected chi connectivity index (χ1v) is 12.7. The molecule has 3 rings (SSSR count). The third-order valence-electron chi connectivity index (χ3n) is 7.14. The van der Waals surface area contributed by atoms with Gasteiger partial charge in [0.25, 0.3) is 0 Å². The number of benzene rings is 2. The van der Waals surface area contributed by atoms with Gasteiger partial charge in [-0.3, -0.25) is 10.2 Å². The number of carbonyl (C=O) groups is 1. The molecule has 0 aliphatic carbocycles. The highest BCUT2D eigenvalue weighted by Gasteiger charge is 2.42. The van der Waals surface area contributed by atoms with Crippen LogP contribution in [0.15, 0.2) is 42.5 Å². The smallest absolute Gasteiger partial charge is 0.182 e. The third kappa shape index (κ3) is 6.38. The normalized spacial score (nSPS) is 19.2. The highest BCUT2D eigenvalue weighted by Crippen LogP contribution is 2.41. The van der Waals surface area contributed by atoms with Crippen LogP contribution in [0, 0.1) is 17.2 Å². The number of carbonyl (C=O) groups excluding carboxylic acids is 1. The summed E-state index contributed by atoms with van der Waals surface area (Å²) in [6.07, 6.45) is 1.08. The van der Waals surface area contributed by atoms with Gasteiger partial charge in [-0.15, -0.1) is 17.0 Å². The van der Waals surface area contributed by atoms with Crippen LogP contribution in [0.4, 0.5) is 0 Å². The number of rotatable bonds is 7. The Hall–Kier alpha value is -2.18. The van der Waals surface area contributed by atoms with Crippen molar-refractivity contribution >= 4 is 28.6 Å². The van der Waals surface area contributed by atoms with Crippen LogP contribution in [0.1, 0.15) is 94.5 Å². The van der Waals surface area contributed by atoms with Gasteiger partial charge in [-0.1, -0.05) is 85.2 Å². The van der Waals surface area contributed by atoms with E-state index >= 15 is 0 Å². The lowest BCUT2D eigenvalue weighted by atomic mass is 9.78. The highest BCUT2D eigenvalue weighted by atomic mass is 79.9. The van der Waals surface area contributed by atoms with E-state index in [0.29, 0.717) is 17.9 Å². The van der Waals surface area contributed by atoms with Crippen LogP contribution in [0.5, 0.6) is 5.75 Å². The number of likely N-dealkylation sites (tertiary alicyclic amines) is 1. The quantitative estimate of drug-likeness (QED) is 0.326. The number of halogens is 1. The average molecular weight is 560 g/mol. The number of ketones is 1. The Kier molecular flexibility index (Phi) is 9.58. The fraction of sp³-hybridized carbons (Fsp3) is 0.533. The molecule has 3 atom stereocenters. The number of phenols is 1. The van der Waals surface area contributed by atoms with Crippen molar-refractivity contribution in [1.29, 1.82) is 5.41 Å². The van der Waals surface area contributed by atoms with Crippen molar-refractivity contribution in [2.45, 2.75) is 78.2 Å². The summed E-state index contributed by atoms with van der Waals surface area (Å²) in [5.41, 5.74) is 2.23. The molecule has 36 heavy (non-hydrogen) atoms. The fourth-order valence-corrected chi connectivity index (χ4v) is 5.19. The van der Waals surface area contributed by atoms with Crippen LogP contribution in [0.25, 0.3) is 0 Å². The molecule has 6 heteroatoms. The zero-order valence-corrected chi connectivity index (χ0v) is 24.5. The van der Waals surface area contributed by atoms with Crippen LogP contribution in [-0.2, 0) is 10.8 Å². The summed E-state index contributed by atoms with van der Waals surface area (Å²) in [5.74, 6) is 0.297.